The van der Waals surface area contributed by atoms with Crippen molar-refractivity contribution >= 4 is 0 Å². The molecule has 2 rings (SSSR count). The van der Waals surface area contributed by atoms with Crippen molar-refractivity contribution in [2.24, 2.45) is 5.41 Å². The summed E-state index contributed by atoms with van der Waals surface area (Å²) in [6.07, 6.45) is 7.58. The molecular formula is C14H27NO. The van der Waals surface area contributed by atoms with Gasteiger partial charge in [0.2, 0.25) is 0 Å². The van der Waals surface area contributed by atoms with Crippen molar-refractivity contribution < 1.29 is 4.74 Å². The first-order valence-corrected chi connectivity index (χ1v) is 6.97. The average molecular weight is 225 g/mol. The van der Waals surface area contributed by atoms with E-state index in [2.05, 4.69) is 26.1 Å². The minimum absolute atomic E-state index is 0.177. The zero-order chi connectivity index (χ0) is 11.6. The molecule has 1 saturated carbocycles. The molecule has 1 saturated heterocycles. The molecule has 1 N–H and O–H groups in total. The molecule has 0 amide bonds. The van der Waals surface area contributed by atoms with E-state index >= 15 is 0 Å². The molecular weight excluding hydrogens is 198 g/mol. The molecule has 2 atom stereocenters. The second kappa shape index (κ2) is 4.66. The van der Waals surface area contributed by atoms with Crippen LogP contribution in [0.25, 0.3) is 0 Å². The molecule has 0 aromatic heterocycles. The molecule has 0 aromatic carbocycles. The van der Waals surface area contributed by atoms with Crippen LogP contribution in [-0.2, 0) is 4.74 Å². The van der Waals surface area contributed by atoms with E-state index in [1.54, 1.807) is 0 Å². The molecule has 0 aromatic rings. The highest BCUT2D eigenvalue weighted by Crippen LogP contribution is 2.52. The molecule has 2 aliphatic rings. The standard InChI is InChI=1S/C14H27NO/c1-4-9-15-12-6-10-16-14(11-12)8-5-7-13(14,2)3/h12,15H,4-11H2,1-3H3. The van der Waals surface area contributed by atoms with Crippen LogP contribution in [-0.4, -0.2) is 24.8 Å². The third kappa shape index (κ3) is 2.14. The van der Waals surface area contributed by atoms with E-state index in [9.17, 15) is 0 Å². The monoisotopic (exact) mass is 225 g/mol. The summed E-state index contributed by atoms with van der Waals surface area (Å²) in [7, 11) is 0. The van der Waals surface area contributed by atoms with Crippen molar-refractivity contribution in [3.05, 3.63) is 0 Å². The maximum atomic E-state index is 6.21. The number of hydrogen-bond donors (Lipinski definition) is 1. The van der Waals surface area contributed by atoms with Gasteiger partial charge in [0.25, 0.3) is 0 Å². The van der Waals surface area contributed by atoms with Gasteiger partial charge in [0.15, 0.2) is 0 Å². The Morgan fingerprint density at radius 1 is 1.31 bits per heavy atom. The summed E-state index contributed by atoms with van der Waals surface area (Å²) in [5, 5.41) is 3.68. The van der Waals surface area contributed by atoms with Gasteiger partial charge >= 0.3 is 0 Å². The second-order valence-corrected chi connectivity index (χ2v) is 6.22. The van der Waals surface area contributed by atoms with Crippen LogP contribution in [0, 0.1) is 5.41 Å². The maximum absolute atomic E-state index is 6.21. The van der Waals surface area contributed by atoms with E-state index < -0.39 is 0 Å². The fraction of sp³-hybridized carbons (Fsp3) is 1.00. The Balaban J connectivity index is 2.00. The van der Waals surface area contributed by atoms with Gasteiger partial charge < -0.3 is 10.1 Å². The minimum atomic E-state index is 0.177. The third-order valence-electron chi connectivity index (χ3n) is 4.72. The normalized spacial score (nSPS) is 38.1. The van der Waals surface area contributed by atoms with E-state index in [1.165, 1.54) is 38.5 Å². The van der Waals surface area contributed by atoms with Gasteiger partial charge in [-0.25, -0.2) is 0 Å². The molecule has 1 spiro atoms. The zero-order valence-corrected chi connectivity index (χ0v) is 11.1. The highest BCUT2D eigenvalue weighted by Gasteiger charge is 2.52. The molecule has 0 radical (unpaired) electrons. The Morgan fingerprint density at radius 2 is 2.12 bits per heavy atom. The summed E-state index contributed by atoms with van der Waals surface area (Å²) in [6.45, 7) is 9.12. The van der Waals surface area contributed by atoms with Crippen LogP contribution in [0.5, 0.6) is 0 Å². The minimum Gasteiger partial charge on any atom is -0.374 e. The molecule has 1 aliphatic heterocycles. The van der Waals surface area contributed by atoms with Gasteiger partial charge in [-0.2, -0.15) is 0 Å². The Hall–Kier alpha value is -0.0800. The Bertz CT molecular complexity index is 239. The summed E-state index contributed by atoms with van der Waals surface area (Å²) < 4.78 is 6.21. The van der Waals surface area contributed by atoms with Gasteiger partial charge in [-0.15, -0.1) is 0 Å². The quantitative estimate of drug-likeness (QED) is 0.797. The van der Waals surface area contributed by atoms with Gasteiger partial charge in [-0.05, 0) is 50.5 Å². The summed E-state index contributed by atoms with van der Waals surface area (Å²) in [5.41, 5.74) is 0.552. The van der Waals surface area contributed by atoms with Crippen LogP contribution >= 0.6 is 0 Å². The van der Waals surface area contributed by atoms with Crippen LogP contribution in [0.1, 0.15) is 59.3 Å². The van der Waals surface area contributed by atoms with Crippen LogP contribution in [0.2, 0.25) is 0 Å². The molecule has 94 valence electrons. The van der Waals surface area contributed by atoms with Gasteiger partial charge in [-0.1, -0.05) is 20.8 Å². The molecule has 2 unspecified atom stereocenters. The first-order valence-electron chi connectivity index (χ1n) is 6.97. The molecule has 2 fully saturated rings. The largest absolute Gasteiger partial charge is 0.374 e. The predicted octanol–water partition coefficient (Wildman–Crippen LogP) is 3.11. The van der Waals surface area contributed by atoms with E-state index in [0.717, 1.165) is 13.2 Å². The lowest BCUT2D eigenvalue weighted by Crippen LogP contribution is -2.52. The van der Waals surface area contributed by atoms with Crippen molar-refractivity contribution in [2.75, 3.05) is 13.2 Å². The number of hydrogen-bond acceptors (Lipinski definition) is 2. The lowest BCUT2D eigenvalue weighted by atomic mass is 9.72. The highest BCUT2D eigenvalue weighted by atomic mass is 16.5. The Morgan fingerprint density at radius 3 is 2.75 bits per heavy atom. The molecule has 1 heterocycles. The Labute approximate surface area is 100 Å². The first kappa shape index (κ1) is 12.4. The van der Waals surface area contributed by atoms with Crippen molar-refractivity contribution in [1.82, 2.24) is 5.32 Å². The van der Waals surface area contributed by atoms with E-state index in [1.807, 2.05) is 0 Å². The SMILES string of the molecule is CCCNC1CCOC2(CCCC2(C)C)C1. The van der Waals surface area contributed by atoms with Crippen molar-refractivity contribution in [3.8, 4) is 0 Å². The van der Waals surface area contributed by atoms with Gasteiger partial charge in [-0.3, -0.25) is 0 Å². The van der Waals surface area contributed by atoms with Crippen LogP contribution in [0.3, 0.4) is 0 Å². The number of rotatable bonds is 3. The third-order valence-corrected chi connectivity index (χ3v) is 4.72. The number of nitrogens with one attached hydrogen (secondary N) is 1. The van der Waals surface area contributed by atoms with E-state index in [4.69, 9.17) is 4.74 Å². The van der Waals surface area contributed by atoms with Gasteiger partial charge in [0.05, 0.1) is 5.60 Å². The molecule has 0 bridgehead atoms. The summed E-state index contributed by atoms with van der Waals surface area (Å²) in [4.78, 5) is 0. The molecule has 1 aliphatic carbocycles. The summed E-state index contributed by atoms with van der Waals surface area (Å²) in [6, 6.07) is 0.686. The number of ether oxygens (including phenoxy) is 1. The average Bonchev–Trinajstić information content (AvgIpc) is 2.52. The second-order valence-electron chi connectivity index (χ2n) is 6.22. The highest BCUT2D eigenvalue weighted by molar-refractivity contribution is 5.04. The topological polar surface area (TPSA) is 21.3 Å². The fourth-order valence-corrected chi connectivity index (χ4v) is 3.51. The molecule has 2 nitrogen and oxygen atoms in total. The maximum Gasteiger partial charge on any atom is 0.0748 e. The smallest absolute Gasteiger partial charge is 0.0748 e. The van der Waals surface area contributed by atoms with Gasteiger partial charge in [0, 0.05) is 12.6 Å². The van der Waals surface area contributed by atoms with Crippen molar-refractivity contribution in [2.45, 2.75) is 70.9 Å². The lowest BCUT2D eigenvalue weighted by molar-refractivity contribution is -0.140. The summed E-state index contributed by atoms with van der Waals surface area (Å²) >= 11 is 0. The molecule has 16 heavy (non-hydrogen) atoms. The zero-order valence-electron chi connectivity index (χ0n) is 11.1. The fourth-order valence-electron chi connectivity index (χ4n) is 3.51. The van der Waals surface area contributed by atoms with Crippen LogP contribution < -0.4 is 5.32 Å². The lowest BCUT2D eigenvalue weighted by Gasteiger charge is -2.47. The predicted molar refractivity (Wildman–Crippen MR) is 67.6 cm³/mol. The van der Waals surface area contributed by atoms with Crippen LogP contribution in [0.4, 0.5) is 0 Å². The van der Waals surface area contributed by atoms with Crippen molar-refractivity contribution in [1.29, 1.82) is 0 Å². The van der Waals surface area contributed by atoms with E-state index in [0.29, 0.717) is 11.5 Å². The Kier molecular flexibility index (Phi) is 3.60. The van der Waals surface area contributed by atoms with Gasteiger partial charge in [0.1, 0.15) is 0 Å². The van der Waals surface area contributed by atoms with Crippen LogP contribution in [0.15, 0.2) is 0 Å². The van der Waals surface area contributed by atoms with Crippen molar-refractivity contribution in [3.63, 3.8) is 0 Å². The van der Waals surface area contributed by atoms with E-state index in [-0.39, 0.29) is 5.60 Å². The summed E-state index contributed by atoms with van der Waals surface area (Å²) in [5.74, 6) is 0. The molecule has 2 heteroatoms. The first-order chi connectivity index (χ1) is 7.60.